The molecule has 1 atom stereocenters. The number of halogens is 1. The molecule has 3 aromatic rings. The van der Waals surface area contributed by atoms with E-state index in [4.69, 9.17) is 4.42 Å². The van der Waals surface area contributed by atoms with Gasteiger partial charge in [0.25, 0.3) is 11.7 Å². The van der Waals surface area contributed by atoms with Gasteiger partial charge in [-0.05, 0) is 67.1 Å². The number of amides is 1. The van der Waals surface area contributed by atoms with Crippen molar-refractivity contribution in [2.75, 3.05) is 23.9 Å². The first-order chi connectivity index (χ1) is 14.8. The van der Waals surface area contributed by atoms with Gasteiger partial charge in [0.2, 0.25) is 0 Å². The average Bonchev–Trinajstić information content (AvgIpc) is 3.37. The number of rotatable bonds is 4. The molecule has 4 rings (SSSR count). The highest BCUT2D eigenvalue weighted by atomic mass is 19.1. The van der Waals surface area contributed by atoms with Crippen LogP contribution in [-0.4, -0.2) is 30.9 Å². The highest BCUT2D eigenvalue weighted by molar-refractivity contribution is 6.51. The van der Waals surface area contributed by atoms with Crippen molar-refractivity contribution in [3.63, 3.8) is 0 Å². The monoisotopic (exact) mass is 420 g/mol. The Morgan fingerprint density at radius 2 is 1.81 bits per heavy atom. The number of anilines is 2. The summed E-state index contributed by atoms with van der Waals surface area (Å²) >= 11 is 0. The SMILES string of the molecule is Cc1cc(/C(O)=C2/C(=O)C(=O)N(c3ccc(N(C)C)cc3)C2c2ccco2)ccc1F. The second-order valence-corrected chi connectivity index (χ2v) is 7.56. The summed E-state index contributed by atoms with van der Waals surface area (Å²) in [4.78, 5) is 29.2. The summed E-state index contributed by atoms with van der Waals surface area (Å²) in [6, 6.07) is 13.5. The van der Waals surface area contributed by atoms with Crippen molar-refractivity contribution in [1.29, 1.82) is 0 Å². The van der Waals surface area contributed by atoms with Gasteiger partial charge in [0, 0.05) is 31.0 Å². The predicted octanol–water partition coefficient (Wildman–Crippen LogP) is 4.42. The first-order valence-electron chi connectivity index (χ1n) is 9.68. The number of ketones is 1. The molecule has 158 valence electrons. The van der Waals surface area contributed by atoms with Crippen LogP contribution in [0.15, 0.2) is 70.9 Å². The lowest BCUT2D eigenvalue weighted by Crippen LogP contribution is -2.29. The Hall–Kier alpha value is -3.87. The maximum Gasteiger partial charge on any atom is 0.300 e. The molecule has 6 nitrogen and oxygen atoms in total. The Bertz CT molecular complexity index is 1180. The van der Waals surface area contributed by atoms with Crippen molar-refractivity contribution < 1.29 is 23.5 Å². The molecule has 1 aliphatic heterocycles. The smallest absolute Gasteiger partial charge is 0.300 e. The van der Waals surface area contributed by atoms with Crippen LogP contribution in [-0.2, 0) is 9.59 Å². The van der Waals surface area contributed by atoms with Gasteiger partial charge < -0.3 is 14.4 Å². The maximum absolute atomic E-state index is 13.7. The van der Waals surface area contributed by atoms with E-state index in [9.17, 15) is 19.1 Å². The molecule has 0 bridgehead atoms. The second-order valence-electron chi connectivity index (χ2n) is 7.56. The van der Waals surface area contributed by atoms with Gasteiger partial charge in [-0.2, -0.15) is 0 Å². The molecule has 1 aromatic heterocycles. The van der Waals surface area contributed by atoms with E-state index >= 15 is 0 Å². The highest BCUT2D eigenvalue weighted by Crippen LogP contribution is 2.42. The van der Waals surface area contributed by atoms with Crippen LogP contribution >= 0.6 is 0 Å². The molecule has 1 amide bonds. The van der Waals surface area contributed by atoms with E-state index in [1.54, 1.807) is 31.2 Å². The van der Waals surface area contributed by atoms with Crippen LogP contribution in [0.2, 0.25) is 0 Å². The Kier molecular flexibility index (Phi) is 5.10. The van der Waals surface area contributed by atoms with Crippen LogP contribution in [0, 0.1) is 12.7 Å². The first-order valence-corrected chi connectivity index (χ1v) is 9.68. The van der Waals surface area contributed by atoms with E-state index < -0.39 is 23.5 Å². The zero-order valence-electron chi connectivity index (χ0n) is 17.3. The molecular weight excluding hydrogens is 399 g/mol. The van der Waals surface area contributed by atoms with Crippen molar-refractivity contribution in [3.05, 3.63) is 89.1 Å². The van der Waals surface area contributed by atoms with E-state index in [1.807, 2.05) is 31.1 Å². The highest BCUT2D eigenvalue weighted by Gasteiger charge is 2.48. The van der Waals surface area contributed by atoms with Gasteiger partial charge in [0.05, 0.1) is 11.8 Å². The Labute approximate surface area is 178 Å². The van der Waals surface area contributed by atoms with Crippen molar-refractivity contribution in [2.45, 2.75) is 13.0 Å². The predicted molar refractivity (Wildman–Crippen MR) is 115 cm³/mol. The van der Waals surface area contributed by atoms with Crippen LogP contribution in [0.4, 0.5) is 15.8 Å². The molecule has 1 aliphatic rings. The standard InChI is InChI=1S/C24H21FN2O4/c1-14-13-15(6-11-18(14)25)22(28)20-21(19-5-4-12-31-19)27(24(30)23(20)29)17-9-7-16(8-10-17)26(2)3/h4-13,21,28H,1-3H3/b22-20-. The minimum absolute atomic E-state index is 0.109. The molecule has 0 spiro atoms. The number of benzene rings is 2. The van der Waals surface area contributed by atoms with E-state index in [-0.39, 0.29) is 16.9 Å². The van der Waals surface area contributed by atoms with E-state index in [2.05, 4.69) is 0 Å². The third kappa shape index (κ3) is 3.48. The number of carbonyl (C=O) groups excluding carboxylic acids is 2. The van der Waals surface area contributed by atoms with Gasteiger partial charge in [0.1, 0.15) is 23.4 Å². The lowest BCUT2D eigenvalue weighted by atomic mass is 9.98. The van der Waals surface area contributed by atoms with Gasteiger partial charge >= 0.3 is 0 Å². The number of hydrogen-bond acceptors (Lipinski definition) is 5. The number of nitrogens with zero attached hydrogens (tertiary/aromatic N) is 2. The van der Waals surface area contributed by atoms with Crippen LogP contribution in [0.5, 0.6) is 0 Å². The topological polar surface area (TPSA) is 74.0 Å². The molecule has 0 aliphatic carbocycles. The number of aryl methyl sites for hydroxylation is 1. The van der Waals surface area contributed by atoms with Gasteiger partial charge in [-0.3, -0.25) is 14.5 Å². The minimum Gasteiger partial charge on any atom is -0.507 e. The fourth-order valence-corrected chi connectivity index (χ4v) is 3.67. The number of Topliss-reactive ketones (excluding diaryl/α,β-unsaturated/α-hetero) is 1. The van der Waals surface area contributed by atoms with Crippen molar-refractivity contribution in [1.82, 2.24) is 0 Å². The zero-order valence-corrected chi connectivity index (χ0v) is 17.3. The first kappa shape index (κ1) is 20.4. The molecule has 2 aromatic carbocycles. The summed E-state index contributed by atoms with van der Waals surface area (Å²) in [6.45, 7) is 1.56. The summed E-state index contributed by atoms with van der Waals surface area (Å²) in [5, 5.41) is 11.0. The molecular formula is C24H21FN2O4. The quantitative estimate of drug-likeness (QED) is 0.384. The second kappa shape index (κ2) is 7.75. The van der Waals surface area contributed by atoms with Crippen LogP contribution < -0.4 is 9.80 Å². The third-order valence-electron chi connectivity index (χ3n) is 5.33. The zero-order chi connectivity index (χ0) is 22.3. The van der Waals surface area contributed by atoms with Crippen LogP contribution in [0.3, 0.4) is 0 Å². The largest absolute Gasteiger partial charge is 0.507 e. The number of aliphatic hydroxyl groups is 1. The number of carbonyl (C=O) groups is 2. The molecule has 7 heteroatoms. The number of furan rings is 1. The molecule has 1 fully saturated rings. The van der Waals surface area contributed by atoms with Gasteiger partial charge in [-0.25, -0.2) is 4.39 Å². The van der Waals surface area contributed by atoms with Gasteiger partial charge in [0.15, 0.2) is 0 Å². The minimum atomic E-state index is -0.953. The average molecular weight is 420 g/mol. The summed E-state index contributed by atoms with van der Waals surface area (Å²) < 4.78 is 19.2. The third-order valence-corrected chi connectivity index (χ3v) is 5.33. The Balaban J connectivity index is 1.88. The van der Waals surface area contributed by atoms with E-state index in [1.165, 1.54) is 29.4 Å². The van der Waals surface area contributed by atoms with Crippen LogP contribution in [0.1, 0.15) is 22.9 Å². The summed E-state index contributed by atoms with van der Waals surface area (Å²) in [6.07, 6.45) is 1.44. The van der Waals surface area contributed by atoms with Crippen molar-refractivity contribution in [2.24, 2.45) is 0 Å². The number of aliphatic hydroxyl groups excluding tert-OH is 1. The summed E-state index contributed by atoms with van der Waals surface area (Å²) in [7, 11) is 3.80. The Morgan fingerprint density at radius 3 is 2.39 bits per heavy atom. The molecule has 1 unspecified atom stereocenters. The molecule has 0 saturated carbocycles. The normalized spacial score (nSPS) is 17.9. The number of hydrogen-bond donors (Lipinski definition) is 1. The fraction of sp³-hybridized carbons (Fsp3) is 0.167. The van der Waals surface area contributed by atoms with Crippen molar-refractivity contribution >= 4 is 28.8 Å². The summed E-state index contributed by atoms with van der Waals surface area (Å²) in [5.74, 6) is -2.09. The van der Waals surface area contributed by atoms with Crippen LogP contribution in [0.25, 0.3) is 5.76 Å². The van der Waals surface area contributed by atoms with Crippen molar-refractivity contribution in [3.8, 4) is 0 Å². The summed E-state index contributed by atoms with van der Waals surface area (Å²) in [5.41, 5.74) is 1.87. The van der Waals surface area contributed by atoms with Gasteiger partial charge in [-0.15, -0.1) is 0 Å². The molecule has 2 heterocycles. The molecule has 0 radical (unpaired) electrons. The molecule has 31 heavy (non-hydrogen) atoms. The molecule has 1 N–H and O–H groups in total. The molecule has 1 saturated heterocycles. The Morgan fingerprint density at radius 1 is 1.10 bits per heavy atom. The maximum atomic E-state index is 13.7. The van der Waals surface area contributed by atoms with Gasteiger partial charge in [-0.1, -0.05) is 0 Å². The lowest BCUT2D eigenvalue weighted by Gasteiger charge is -2.24. The van der Waals surface area contributed by atoms with E-state index in [0.717, 1.165) is 5.69 Å². The van der Waals surface area contributed by atoms with E-state index in [0.29, 0.717) is 17.0 Å². The lowest BCUT2D eigenvalue weighted by molar-refractivity contribution is -0.132. The fourth-order valence-electron chi connectivity index (χ4n) is 3.67.